The summed E-state index contributed by atoms with van der Waals surface area (Å²) in [6.45, 7) is 4.27. The summed E-state index contributed by atoms with van der Waals surface area (Å²) in [5.74, 6) is 1.85. The minimum absolute atomic E-state index is 0.606. The van der Waals surface area contributed by atoms with E-state index in [0.29, 0.717) is 17.5 Å². The van der Waals surface area contributed by atoms with Gasteiger partial charge in [0.15, 0.2) is 17.5 Å². The first-order valence-electron chi connectivity index (χ1n) is 21.7. The molecule has 0 aliphatic rings. The van der Waals surface area contributed by atoms with Crippen LogP contribution < -0.4 is 0 Å². The molecule has 0 fully saturated rings. The quantitative estimate of drug-likeness (QED) is 0.161. The van der Waals surface area contributed by atoms with Crippen LogP contribution in [0.2, 0.25) is 0 Å². The molecule has 302 valence electrons. The monoisotopic (exact) mass is 836 g/mol. The van der Waals surface area contributed by atoms with Gasteiger partial charge in [0, 0.05) is 47.6 Å². The third-order valence-electron chi connectivity index (χ3n) is 12.4. The van der Waals surface area contributed by atoms with Gasteiger partial charge >= 0.3 is 0 Å². The standard InChI is InChI=1S/C59H40N4S/c1-37-20-24-39(25-21-37)43-28-31-51-48(34-43)49-35-44(40-26-22-38(2)23-27-40)29-32-52(49)63(51)53-33-30-45(46-17-11-19-55-56(46)47-16-9-10-18-54(47)64-55)36-50(53)59-61-57(41-12-5-3-6-13-41)60-58(62-59)42-14-7-4-8-15-42/h3-36H,1-2H3. The van der Waals surface area contributed by atoms with Crippen LogP contribution >= 0.6 is 11.3 Å². The van der Waals surface area contributed by atoms with E-state index in [2.05, 4.69) is 188 Å². The molecule has 3 aromatic heterocycles. The topological polar surface area (TPSA) is 43.6 Å². The first-order valence-corrected chi connectivity index (χ1v) is 22.5. The van der Waals surface area contributed by atoms with Crippen molar-refractivity contribution in [2.24, 2.45) is 0 Å². The Morgan fingerprint density at radius 2 is 0.844 bits per heavy atom. The maximum atomic E-state index is 5.36. The summed E-state index contributed by atoms with van der Waals surface area (Å²) in [7, 11) is 0. The molecule has 0 aliphatic heterocycles. The van der Waals surface area contributed by atoms with Crippen molar-refractivity contribution in [2.75, 3.05) is 0 Å². The molecule has 0 atom stereocenters. The van der Waals surface area contributed by atoms with Gasteiger partial charge in [0.2, 0.25) is 0 Å². The van der Waals surface area contributed by atoms with Crippen molar-refractivity contribution in [1.82, 2.24) is 19.5 Å². The number of fused-ring (bicyclic) bond motifs is 6. The minimum atomic E-state index is 0.606. The van der Waals surface area contributed by atoms with Crippen molar-refractivity contribution in [1.29, 1.82) is 0 Å². The number of nitrogens with zero attached hydrogens (tertiary/aromatic N) is 4. The minimum Gasteiger partial charge on any atom is -0.308 e. The maximum absolute atomic E-state index is 5.36. The number of aromatic nitrogens is 4. The molecule has 0 bridgehead atoms. The fraction of sp³-hybridized carbons (Fsp3) is 0.0339. The van der Waals surface area contributed by atoms with Crippen LogP contribution in [0.3, 0.4) is 0 Å². The second-order valence-corrected chi connectivity index (χ2v) is 17.7. The Labute approximate surface area is 375 Å². The van der Waals surface area contributed by atoms with Crippen LogP contribution in [-0.4, -0.2) is 19.5 Å². The zero-order valence-corrected chi connectivity index (χ0v) is 36.1. The van der Waals surface area contributed by atoms with E-state index in [0.717, 1.165) is 39.0 Å². The zero-order chi connectivity index (χ0) is 42.7. The summed E-state index contributed by atoms with van der Waals surface area (Å²) in [6, 6.07) is 74.1. The van der Waals surface area contributed by atoms with E-state index in [1.807, 2.05) is 47.7 Å². The second-order valence-electron chi connectivity index (χ2n) is 16.6. The van der Waals surface area contributed by atoms with Crippen molar-refractivity contribution >= 4 is 53.3 Å². The van der Waals surface area contributed by atoms with Gasteiger partial charge in [-0.3, -0.25) is 0 Å². The van der Waals surface area contributed by atoms with Crippen LogP contribution in [0.5, 0.6) is 0 Å². The van der Waals surface area contributed by atoms with E-state index in [9.17, 15) is 0 Å². The molecule has 9 aromatic carbocycles. The van der Waals surface area contributed by atoms with Crippen molar-refractivity contribution < 1.29 is 0 Å². The molecule has 12 aromatic rings. The van der Waals surface area contributed by atoms with Gasteiger partial charge in [0.05, 0.1) is 16.7 Å². The molecule has 5 heteroatoms. The number of benzene rings is 9. The maximum Gasteiger partial charge on any atom is 0.166 e. The molecule has 0 N–H and O–H groups in total. The van der Waals surface area contributed by atoms with Gasteiger partial charge in [-0.2, -0.15) is 0 Å². The van der Waals surface area contributed by atoms with E-state index in [1.54, 1.807) is 0 Å². The lowest BCUT2D eigenvalue weighted by molar-refractivity contribution is 1.06. The number of hydrogen-bond acceptors (Lipinski definition) is 4. The van der Waals surface area contributed by atoms with Crippen molar-refractivity contribution in [3.8, 4) is 73.2 Å². The molecule has 0 spiro atoms. The average Bonchev–Trinajstić information content (AvgIpc) is 3.90. The highest BCUT2D eigenvalue weighted by molar-refractivity contribution is 7.25. The lowest BCUT2D eigenvalue weighted by atomic mass is 9.96. The summed E-state index contributed by atoms with van der Waals surface area (Å²) in [6.07, 6.45) is 0. The molecule has 0 saturated heterocycles. The van der Waals surface area contributed by atoms with Crippen molar-refractivity contribution in [3.05, 3.63) is 217 Å². The molecule has 0 radical (unpaired) electrons. The fourth-order valence-electron chi connectivity index (χ4n) is 9.16. The van der Waals surface area contributed by atoms with Gasteiger partial charge in [-0.05, 0) is 95.8 Å². The number of aryl methyl sites for hydroxylation is 2. The third-order valence-corrected chi connectivity index (χ3v) is 13.6. The Balaban J connectivity index is 1.16. The highest BCUT2D eigenvalue weighted by Gasteiger charge is 2.22. The van der Waals surface area contributed by atoms with Crippen LogP contribution in [-0.2, 0) is 0 Å². The van der Waals surface area contributed by atoms with Crippen molar-refractivity contribution in [2.45, 2.75) is 13.8 Å². The summed E-state index contributed by atoms with van der Waals surface area (Å²) < 4.78 is 4.95. The van der Waals surface area contributed by atoms with E-state index >= 15 is 0 Å². The molecule has 0 amide bonds. The Hall–Kier alpha value is -7.99. The first kappa shape index (κ1) is 37.7. The van der Waals surface area contributed by atoms with E-state index < -0.39 is 0 Å². The van der Waals surface area contributed by atoms with Gasteiger partial charge in [0.1, 0.15) is 0 Å². The number of hydrogen-bond donors (Lipinski definition) is 0. The Morgan fingerprint density at radius 3 is 1.44 bits per heavy atom. The van der Waals surface area contributed by atoms with Gasteiger partial charge in [-0.25, -0.2) is 15.0 Å². The Morgan fingerprint density at radius 1 is 0.344 bits per heavy atom. The normalized spacial score (nSPS) is 11.6. The fourth-order valence-corrected chi connectivity index (χ4v) is 10.3. The Kier molecular flexibility index (Phi) is 9.09. The Bertz CT molecular complexity index is 3560. The van der Waals surface area contributed by atoms with Crippen LogP contribution in [0, 0.1) is 13.8 Å². The average molecular weight is 837 g/mol. The molecule has 0 saturated carbocycles. The number of thiophene rings is 1. The zero-order valence-electron chi connectivity index (χ0n) is 35.3. The van der Waals surface area contributed by atoms with E-state index in [4.69, 9.17) is 15.0 Å². The first-order chi connectivity index (χ1) is 31.5. The largest absolute Gasteiger partial charge is 0.308 e. The molecule has 12 rings (SSSR count). The smallest absolute Gasteiger partial charge is 0.166 e. The molecule has 4 nitrogen and oxygen atoms in total. The highest BCUT2D eigenvalue weighted by atomic mass is 32.1. The molecule has 3 heterocycles. The predicted molar refractivity (Wildman–Crippen MR) is 269 cm³/mol. The van der Waals surface area contributed by atoms with Crippen molar-refractivity contribution in [3.63, 3.8) is 0 Å². The summed E-state index contributed by atoms with van der Waals surface area (Å²) in [4.78, 5) is 15.8. The summed E-state index contributed by atoms with van der Waals surface area (Å²) >= 11 is 1.84. The van der Waals surface area contributed by atoms with Gasteiger partial charge < -0.3 is 4.57 Å². The van der Waals surface area contributed by atoms with Gasteiger partial charge in [0.25, 0.3) is 0 Å². The lowest BCUT2D eigenvalue weighted by Gasteiger charge is -2.17. The number of rotatable bonds is 7. The molecule has 64 heavy (non-hydrogen) atoms. The molecular formula is C59H40N4S. The SMILES string of the molecule is Cc1ccc(-c2ccc3c(c2)c2cc(-c4ccc(C)cc4)ccc2n3-c2ccc(-c3cccc4sc5ccccc5c34)cc2-c2nc(-c3ccccc3)nc(-c3ccccc3)n2)cc1. The van der Waals surface area contributed by atoms with E-state index in [1.165, 1.54) is 69.9 Å². The summed E-state index contributed by atoms with van der Waals surface area (Å²) in [5, 5.41) is 4.88. The highest BCUT2D eigenvalue weighted by Crippen LogP contribution is 2.44. The third kappa shape index (κ3) is 6.57. The lowest BCUT2D eigenvalue weighted by Crippen LogP contribution is -2.04. The molecule has 0 unspecified atom stereocenters. The van der Waals surface area contributed by atoms with Gasteiger partial charge in [-0.1, -0.05) is 169 Å². The van der Waals surface area contributed by atoms with Crippen LogP contribution in [0.25, 0.3) is 115 Å². The second kappa shape index (κ2) is 15.4. The van der Waals surface area contributed by atoms with E-state index in [-0.39, 0.29) is 0 Å². The molecular weight excluding hydrogens is 797 g/mol. The summed E-state index contributed by atoms with van der Waals surface area (Å²) in [5.41, 5.74) is 15.5. The van der Waals surface area contributed by atoms with Gasteiger partial charge in [-0.15, -0.1) is 11.3 Å². The van der Waals surface area contributed by atoms with Crippen LogP contribution in [0.4, 0.5) is 0 Å². The van der Waals surface area contributed by atoms with Crippen LogP contribution in [0.15, 0.2) is 206 Å². The van der Waals surface area contributed by atoms with Crippen LogP contribution in [0.1, 0.15) is 11.1 Å². The molecule has 0 aliphatic carbocycles. The predicted octanol–water partition coefficient (Wildman–Crippen LogP) is 16.0.